The lowest BCUT2D eigenvalue weighted by Gasteiger charge is -2.16. The second-order valence-electron chi connectivity index (χ2n) is 9.34. The SMILES string of the molecule is COC(=O)CCCCCC[C@H]1C(=O)CC[C@@H]1/C=C/[C@H](O)COc1c(F)c(F)c2c(F)c(F)c(F)c(F)c2c1F. The number of unbranched alkanes of at least 4 members (excludes halogenated alkanes) is 3. The molecule has 0 radical (unpaired) electrons. The topological polar surface area (TPSA) is 72.8 Å². The maximum Gasteiger partial charge on any atom is 0.305 e. The highest BCUT2D eigenvalue weighted by Gasteiger charge is 2.33. The van der Waals surface area contributed by atoms with Gasteiger partial charge in [0.2, 0.25) is 5.82 Å². The van der Waals surface area contributed by atoms with Gasteiger partial charge in [0.15, 0.2) is 40.7 Å². The molecule has 0 heterocycles. The fraction of sp³-hybridized carbons (Fsp3) is 0.481. The number of hydrogen-bond donors (Lipinski definition) is 1. The lowest BCUT2D eigenvalue weighted by molar-refractivity contribution is -0.140. The average molecular weight is 564 g/mol. The average Bonchev–Trinajstić information content (AvgIpc) is 3.27. The van der Waals surface area contributed by atoms with E-state index in [2.05, 4.69) is 4.74 Å². The number of benzene rings is 2. The van der Waals surface area contributed by atoms with Gasteiger partial charge in [-0.2, -0.15) is 4.39 Å². The van der Waals surface area contributed by atoms with E-state index in [1.54, 1.807) is 6.08 Å². The maximum atomic E-state index is 14.7. The normalized spacial score (nSPS) is 18.3. The summed E-state index contributed by atoms with van der Waals surface area (Å²) >= 11 is 0. The standard InChI is InChI=1S/C27H27F7O5/c1-38-17(37)7-5-3-2-4-6-15-13(9-11-16(15)36)8-10-14(35)12-39-27-23(31)19-18(22(30)26(27)34)20(28)24(32)25(33)21(19)29/h8,10,13-15,35H,2-7,9,11-12H2,1H3/b10-8+/t13-,14-,15+/m0/s1. The molecule has 39 heavy (non-hydrogen) atoms. The minimum atomic E-state index is -2.44. The Morgan fingerprint density at radius 3 is 2.13 bits per heavy atom. The first-order valence-electron chi connectivity index (χ1n) is 12.4. The predicted molar refractivity (Wildman–Crippen MR) is 125 cm³/mol. The van der Waals surface area contributed by atoms with E-state index in [9.17, 15) is 45.4 Å². The molecule has 0 amide bonds. The van der Waals surface area contributed by atoms with Crippen molar-refractivity contribution in [2.45, 2.75) is 57.5 Å². The number of rotatable bonds is 12. The Kier molecular flexibility index (Phi) is 10.3. The van der Waals surface area contributed by atoms with E-state index in [-0.39, 0.29) is 23.6 Å². The van der Waals surface area contributed by atoms with Crippen LogP contribution in [0.2, 0.25) is 0 Å². The Morgan fingerprint density at radius 2 is 1.49 bits per heavy atom. The van der Waals surface area contributed by atoms with E-state index in [0.717, 1.165) is 19.3 Å². The molecule has 2 aromatic carbocycles. The number of ketones is 1. The molecule has 0 aromatic heterocycles. The minimum Gasteiger partial charge on any atom is -0.484 e. The molecule has 1 N–H and O–H groups in total. The Balaban J connectivity index is 1.62. The molecule has 3 atom stereocenters. The van der Waals surface area contributed by atoms with Crippen LogP contribution in [-0.2, 0) is 14.3 Å². The fourth-order valence-corrected chi connectivity index (χ4v) is 4.71. The van der Waals surface area contributed by atoms with E-state index >= 15 is 0 Å². The number of allylic oxidation sites excluding steroid dienone is 1. The minimum absolute atomic E-state index is 0.0682. The molecule has 0 bridgehead atoms. The number of carbonyl (C=O) groups excluding carboxylic acids is 2. The summed E-state index contributed by atoms with van der Waals surface area (Å²) in [5.41, 5.74) is 0. The van der Waals surface area contributed by atoms with Crippen molar-refractivity contribution in [1.82, 2.24) is 0 Å². The molecule has 1 fully saturated rings. The summed E-state index contributed by atoms with van der Waals surface area (Å²) in [5.74, 6) is -18.0. The summed E-state index contributed by atoms with van der Waals surface area (Å²) in [7, 11) is 1.32. The van der Waals surface area contributed by atoms with Gasteiger partial charge in [-0.3, -0.25) is 9.59 Å². The van der Waals surface area contributed by atoms with Crippen molar-refractivity contribution in [2.24, 2.45) is 11.8 Å². The molecule has 0 aliphatic heterocycles. The van der Waals surface area contributed by atoms with E-state index in [4.69, 9.17) is 4.74 Å². The van der Waals surface area contributed by atoms with E-state index < -0.39 is 70.0 Å². The monoisotopic (exact) mass is 564 g/mol. The zero-order valence-electron chi connectivity index (χ0n) is 21.0. The molecule has 0 unspecified atom stereocenters. The maximum absolute atomic E-state index is 14.7. The number of aliphatic hydroxyl groups is 1. The van der Waals surface area contributed by atoms with Gasteiger partial charge in [0, 0.05) is 18.8 Å². The number of aliphatic hydroxyl groups excluding tert-OH is 1. The zero-order valence-corrected chi connectivity index (χ0v) is 21.0. The molecular weight excluding hydrogens is 537 g/mol. The molecule has 5 nitrogen and oxygen atoms in total. The smallest absolute Gasteiger partial charge is 0.305 e. The van der Waals surface area contributed by atoms with Crippen molar-refractivity contribution < 1.29 is 54.9 Å². The van der Waals surface area contributed by atoms with Crippen LogP contribution in [0.3, 0.4) is 0 Å². The predicted octanol–water partition coefficient (Wildman–Crippen LogP) is 6.22. The van der Waals surface area contributed by atoms with Gasteiger partial charge >= 0.3 is 5.97 Å². The van der Waals surface area contributed by atoms with Crippen LogP contribution in [0.25, 0.3) is 10.8 Å². The highest BCUT2D eigenvalue weighted by Crippen LogP contribution is 2.38. The Hall–Kier alpha value is -3.15. The van der Waals surface area contributed by atoms with Crippen LogP contribution < -0.4 is 4.74 Å². The van der Waals surface area contributed by atoms with Gasteiger partial charge in [0.25, 0.3) is 0 Å². The first kappa shape index (κ1) is 30.4. The number of esters is 1. The second-order valence-corrected chi connectivity index (χ2v) is 9.34. The number of halogens is 7. The molecular formula is C27H27F7O5. The van der Waals surface area contributed by atoms with Crippen molar-refractivity contribution in [3.63, 3.8) is 0 Å². The first-order valence-corrected chi connectivity index (χ1v) is 12.4. The van der Waals surface area contributed by atoms with Gasteiger partial charge in [0.1, 0.15) is 18.5 Å². The third-order valence-corrected chi connectivity index (χ3v) is 6.80. The summed E-state index contributed by atoms with van der Waals surface area (Å²) in [6.45, 7) is -0.853. The molecule has 1 aliphatic carbocycles. The summed E-state index contributed by atoms with van der Waals surface area (Å²) in [4.78, 5) is 23.4. The van der Waals surface area contributed by atoms with Gasteiger partial charge in [-0.15, -0.1) is 0 Å². The number of ether oxygens (including phenoxy) is 2. The lowest BCUT2D eigenvalue weighted by Crippen LogP contribution is -2.18. The molecule has 12 heteroatoms. The number of fused-ring (bicyclic) bond motifs is 1. The van der Waals surface area contributed by atoms with Crippen molar-refractivity contribution in [3.8, 4) is 5.75 Å². The second kappa shape index (κ2) is 13.3. The van der Waals surface area contributed by atoms with Crippen LogP contribution in [0.15, 0.2) is 12.2 Å². The highest BCUT2D eigenvalue weighted by atomic mass is 19.2. The van der Waals surface area contributed by atoms with Crippen LogP contribution in [0.5, 0.6) is 5.75 Å². The molecule has 3 rings (SSSR count). The van der Waals surface area contributed by atoms with Crippen LogP contribution in [0.4, 0.5) is 30.7 Å². The Labute approximate surface area is 219 Å². The largest absolute Gasteiger partial charge is 0.484 e. The lowest BCUT2D eigenvalue weighted by atomic mass is 9.89. The first-order chi connectivity index (χ1) is 18.5. The molecule has 0 spiro atoms. The molecule has 1 saturated carbocycles. The van der Waals surface area contributed by atoms with Gasteiger partial charge in [0.05, 0.1) is 17.9 Å². The summed E-state index contributed by atoms with van der Waals surface area (Å²) in [6.07, 6.45) is 6.15. The third kappa shape index (κ3) is 6.71. The highest BCUT2D eigenvalue weighted by molar-refractivity contribution is 5.87. The Bertz CT molecular complexity index is 1260. The number of hydrogen-bond acceptors (Lipinski definition) is 5. The van der Waals surface area contributed by atoms with Crippen LogP contribution >= 0.6 is 0 Å². The molecule has 2 aromatic rings. The van der Waals surface area contributed by atoms with Crippen molar-refractivity contribution >= 4 is 22.5 Å². The van der Waals surface area contributed by atoms with Gasteiger partial charge in [-0.05, 0) is 25.2 Å². The molecule has 214 valence electrons. The Morgan fingerprint density at radius 1 is 0.897 bits per heavy atom. The summed E-state index contributed by atoms with van der Waals surface area (Å²) in [5, 5.41) is 6.76. The van der Waals surface area contributed by atoms with E-state index in [0.29, 0.717) is 32.1 Å². The zero-order chi connectivity index (χ0) is 28.9. The van der Waals surface area contributed by atoms with Gasteiger partial charge in [-0.1, -0.05) is 31.4 Å². The molecule has 0 saturated heterocycles. The summed E-state index contributed by atoms with van der Waals surface area (Å²) in [6, 6.07) is 0. The van der Waals surface area contributed by atoms with Crippen molar-refractivity contribution in [1.29, 1.82) is 0 Å². The number of methoxy groups -OCH3 is 1. The number of carbonyl (C=O) groups is 2. The van der Waals surface area contributed by atoms with E-state index in [1.165, 1.54) is 13.2 Å². The van der Waals surface area contributed by atoms with Crippen LogP contribution in [0, 0.1) is 52.6 Å². The van der Waals surface area contributed by atoms with Gasteiger partial charge < -0.3 is 14.6 Å². The fourth-order valence-electron chi connectivity index (χ4n) is 4.71. The van der Waals surface area contributed by atoms with Gasteiger partial charge in [-0.25, -0.2) is 26.3 Å². The molecule has 1 aliphatic rings. The number of Topliss-reactive ketones (excluding diaryl/α,β-unsaturated/α-hetero) is 1. The van der Waals surface area contributed by atoms with Crippen LogP contribution in [0.1, 0.15) is 51.4 Å². The quantitative estimate of drug-likeness (QED) is 0.0828. The summed E-state index contributed by atoms with van der Waals surface area (Å²) < 4.78 is 108. The van der Waals surface area contributed by atoms with E-state index in [1.807, 2.05) is 0 Å². The van der Waals surface area contributed by atoms with Crippen LogP contribution in [-0.4, -0.2) is 36.7 Å². The van der Waals surface area contributed by atoms with Crippen molar-refractivity contribution in [2.75, 3.05) is 13.7 Å². The van der Waals surface area contributed by atoms with Crippen molar-refractivity contribution in [3.05, 3.63) is 52.9 Å². The third-order valence-electron chi connectivity index (χ3n) is 6.80.